The molecule has 0 aliphatic carbocycles. The Morgan fingerprint density at radius 2 is 1.92 bits per heavy atom. The molecule has 1 atom stereocenters. The number of thiazole rings is 1. The van der Waals surface area contributed by atoms with Crippen molar-refractivity contribution in [1.82, 2.24) is 4.57 Å². The average molecular weight is 377 g/mol. The van der Waals surface area contributed by atoms with E-state index in [2.05, 4.69) is 5.32 Å². The molecule has 0 spiro atoms. The Morgan fingerprint density at radius 3 is 2.46 bits per heavy atom. The van der Waals surface area contributed by atoms with Gasteiger partial charge in [-0.25, -0.2) is 0 Å². The molecular formula is C17H19N3O5S. The van der Waals surface area contributed by atoms with Crippen LogP contribution in [0.5, 0.6) is 0 Å². The molecule has 138 valence electrons. The number of nitrogens with one attached hydrogen (secondary N) is 1. The van der Waals surface area contributed by atoms with Crippen molar-refractivity contribution in [3.8, 4) is 0 Å². The zero-order valence-electron chi connectivity index (χ0n) is 14.4. The summed E-state index contributed by atoms with van der Waals surface area (Å²) >= 11 is 1.07. The van der Waals surface area contributed by atoms with Gasteiger partial charge < -0.3 is 20.4 Å². The summed E-state index contributed by atoms with van der Waals surface area (Å²) in [6.45, 7) is 3.44. The Balaban J connectivity index is 1.85. The predicted octanol–water partition coefficient (Wildman–Crippen LogP) is 1.28. The van der Waals surface area contributed by atoms with Crippen molar-refractivity contribution >= 4 is 34.8 Å². The van der Waals surface area contributed by atoms with Crippen LogP contribution in [-0.4, -0.2) is 28.5 Å². The van der Waals surface area contributed by atoms with Crippen LogP contribution in [0.15, 0.2) is 34.4 Å². The number of nitrogens with two attached hydrogens (primary N) is 1. The van der Waals surface area contributed by atoms with Crippen molar-refractivity contribution in [1.29, 1.82) is 0 Å². The van der Waals surface area contributed by atoms with Crippen molar-refractivity contribution in [3.63, 3.8) is 0 Å². The smallest absolute Gasteiger partial charge is 0.308 e. The van der Waals surface area contributed by atoms with Gasteiger partial charge in [0.15, 0.2) is 6.10 Å². The molecule has 9 heteroatoms. The Hall–Kier alpha value is -2.94. The van der Waals surface area contributed by atoms with Gasteiger partial charge >= 0.3 is 10.8 Å². The molecule has 1 aromatic heterocycles. The number of carbonyl (C=O) groups excluding carboxylic acids is 3. The monoisotopic (exact) mass is 377 g/mol. The van der Waals surface area contributed by atoms with Crippen LogP contribution in [0.1, 0.15) is 29.4 Å². The van der Waals surface area contributed by atoms with Crippen LogP contribution < -0.4 is 15.9 Å². The number of hydrogen-bond donors (Lipinski definition) is 2. The molecule has 0 aliphatic rings. The molecule has 0 saturated carbocycles. The van der Waals surface area contributed by atoms with Gasteiger partial charge in [0.25, 0.3) is 5.91 Å². The standard InChI is InChI=1S/C17H19N3O5S/c1-10-9-26-17(24)20(10)8-7-14(21)25-11(2)16(23)19-13-5-3-12(4-6-13)15(18)22/h3-6,9,11H,7-8H2,1-2H3,(H2,18,22)(H,19,23)/t11-/m1/s1. The number of hydrogen-bond acceptors (Lipinski definition) is 6. The fourth-order valence-corrected chi connectivity index (χ4v) is 2.91. The van der Waals surface area contributed by atoms with E-state index in [-0.39, 0.29) is 17.8 Å². The summed E-state index contributed by atoms with van der Waals surface area (Å²) in [6.07, 6.45) is -1.01. The lowest BCUT2D eigenvalue weighted by molar-refractivity contribution is -0.153. The van der Waals surface area contributed by atoms with E-state index in [0.717, 1.165) is 17.0 Å². The lowest BCUT2D eigenvalue weighted by Crippen LogP contribution is -2.30. The molecule has 8 nitrogen and oxygen atoms in total. The van der Waals surface area contributed by atoms with Crippen LogP contribution in [0.4, 0.5) is 5.69 Å². The molecular weight excluding hydrogens is 358 g/mol. The third kappa shape index (κ3) is 5.03. The summed E-state index contributed by atoms with van der Waals surface area (Å²) in [5.74, 6) is -1.64. The van der Waals surface area contributed by atoms with Crippen molar-refractivity contribution in [2.45, 2.75) is 32.9 Å². The number of nitrogens with zero attached hydrogens (tertiary/aromatic N) is 1. The van der Waals surface area contributed by atoms with Gasteiger partial charge in [-0.3, -0.25) is 19.2 Å². The Kier molecular flexibility index (Phi) is 6.29. The van der Waals surface area contributed by atoms with Crippen LogP contribution >= 0.6 is 11.3 Å². The van der Waals surface area contributed by atoms with Gasteiger partial charge in [0, 0.05) is 28.9 Å². The summed E-state index contributed by atoms with van der Waals surface area (Å²) in [5, 5.41) is 4.29. The molecule has 26 heavy (non-hydrogen) atoms. The third-order valence-electron chi connectivity index (χ3n) is 3.63. The predicted molar refractivity (Wildman–Crippen MR) is 97.1 cm³/mol. The fourth-order valence-electron chi connectivity index (χ4n) is 2.15. The zero-order chi connectivity index (χ0) is 19.3. The van der Waals surface area contributed by atoms with E-state index >= 15 is 0 Å². The number of aryl methyl sites for hydroxylation is 1. The third-order valence-corrected chi connectivity index (χ3v) is 4.51. The van der Waals surface area contributed by atoms with E-state index in [0.29, 0.717) is 11.3 Å². The molecule has 0 radical (unpaired) electrons. The minimum atomic E-state index is -1.00. The first-order chi connectivity index (χ1) is 12.3. The van der Waals surface area contributed by atoms with E-state index < -0.39 is 23.9 Å². The first-order valence-corrected chi connectivity index (χ1v) is 8.71. The molecule has 1 heterocycles. The average Bonchev–Trinajstić information content (AvgIpc) is 2.91. The lowest BCUT2D eigenvalue weighted by atomic mass is 10.2. The second kappa shape index (κ2) is 8.43. The summed E-state index contributed by atoms with van der Waals surface area (Å²) < 4.78 is 6.57. The van der Waals surface area contributed by atoms with Crippen molar-refractivity contribution in [3.05, 3.63) is 50.6 Å². The minimum absolute atomic E-state index is 0.0115. The van der Waals surface area contributed by atoms with Gasteiger partial charge in [0.2, 0.25) is 5.91 Å². The number of esters is 1. The van der Waals surface area contributed by atoms with E-state index in [9.17, 15) is 19.2 Å². The summed E-state index contributed by atoms with van der Waals surface area (Å²) in [6, 6.07) is 6.02. The Morgan fingerprint density at radius 1 is 1.27 bits per heavy atom. The number of carbonyl (C=O) groups is 3. The number of amides is 2. The van der Waals surface area contributed by atoms with Crippen LogP contribution in [-0.2, 0) is 20.9 Å². The highest BCUT2D eigenvalue weighted by Crippen LogP contribution is 2.10. The largest absolute Gasteiger partial charge is 0.452 e. The van der Waals surface area contributed by atoms with Gasteiger partial charge in [-0.1, -0.05) is 11.3 Å². The number of anilines is 1. The highest BCUT2D eigenvalue weighted by Gasteiger charge is 2.18. The highest BCUT2D eigenvalue weighted by molar-refractivity contribution is 7.07. The Bertz CT molecular complexity index is 869. The molecule has 0 unspecified atom stereocenters. The summed E-state index contributed by atoms with van der Waals surface area (Å²) in [5.41, 5.74) is 6.69. The van der Waals surface area contributed by atoms with Crippen LogP contribution in [0.2, 0.25) is 0 Å². The van der Waals surface area contributed by atoms with Crippen molar-refractivity contribution in [2.75, 3.05) is 5.32 Å². The number of ether oxygens (including phenoxy) is 1. The maximum absolute atomic E-state index is 12.1. The van der Waals surface area contributed by atoms with Crippen LogP contribution in [0.3, 0.4) is 0 Å². The van der Waals surface area contributed by atoms with E-state index in [1.165, 1.54) is 35.8 Å². The molecule has 0 saturated heterocycles. The molecule has 0 fully saturated rings. The van der Waals surface area contributed by atoms with E-state index in [1.54, 1.807) is 12.3 Å². The molecule has 3 N–H and O–H groups in total. The van der Waals surface area contributed by atoms with Crippen molar-refractivity contribution in [2.24, 2.45) is 5.73 Å². The maximum Gasteiger partial charge on any atom is 0.308 e. The summed E-state index contributed by atoms with van der Waals surface area (Å²) in [4.78, 5) is 46.4. The number of aromatic nitrogens is 1. The normalized spacial score (nSPS) is 11.6. The summed E-state index contributed by atoms with van der Waals surface area (Å²) in [7, 11) is 0. The molecule has 2 amide bonds. The van der Waals surface area contributed by atoms with Gasteiger partial charge in [-0.05, 0) is 38.1 Å². The van der Waals surface area contributed by atoms with Gasteiger partial charge in [-0.2, -0.15) is 0 Å². The molecule has 2 rings (SSSR count). The maximum atomic E-state index is 12.1. The molecule has 0 bridgehead atoms. The first-order valence-electron chi connectivity index (χ1n) is 7.83. The second-order valence-corrected chi connectivity index (χ2v) is 6.43. The quantitative estimate of drug-likeness (QED) is 0.704. The van der Waals surface area contributed by atoms with Gasteiger partial charge in [0.05, 0.1) is 6.42 Å². The van der Waals surface area contributed by atoms with Gasteiger partial charge in [-0.15, -0.1) is 0 Å². The number of primary amides is 1. The van der Waals surface area contributed by atoms with Crippen LogP contribution in [0.25, 0.3) is 0 Å². The van der Waals surface area contributed by atoms with Crippen LogP contribution in [0, 0.1) is 6.92 Å². The second-order valence-electron chi connectivity index (χ2n) is 5.61. The molecule has 0 aliphatic heterocycles. The Labute approximate surface area is 153 Å². The van der Waals surface area contributed by atoms with E-state index in [4.69, 9.17) is 10.5 Å². The molecule has 2 aromatic rings. The number of benzene rings is 1. The first kappa shape index (κ1) is 19.4. The van der Waals surface area contributed by atoms with Crippen molar-refractivity contribution < 1.29 is 19.1 Å². The SMILES string of the molecule is Cc1csc(=O)n1CCC(=O)O[C@H](C)C(=O)Nc1ccc(C(N)=O)cc1. The lowest BCUT2D eigenvalue weighted by Gasteiger charge is -2.14. The minimum Gasteiger partial charge on any atom is -0.452 e. The highest BCUT2D eigenvalue weighted by atomic mass is 32.1. The topological polar surface area (TPSA) is 120 Å². The van der Waals surface area contributed by atoms with Gasteiger partial charge in [0.1, 0.15) is 0 Å². The van der Waals surface area contributed by atoms with E-state index in [1.807, 2.05) is 0 Å². The zero-order valence-corrected chi connectivity index (χ0v) is 15.2. The molecule has 1 aromatic carbocycles. The fraction of sp³-hybridized carbons (Fsp3) is 0.294. The number of rotatable bonds is 7.